The van der Waals surface area contributed by atoms with E-state index in [1.54, 1.807) is 36.4 Å². The molecule has 0 unspecified atom stereocenters. The first-order chi connectivity index (χ1) is 12.1. The van der Waals surface area contributed by atoms with Gasteiger partial charge in [-0.25, -0.2) is 9.78 Å². The topological polar surface area (TPSA) is 63.4 Å². The van der Waals surface area contributed by atoms with E-state index in [1.807, 2.05) is 26.0 Å². The minimum absolute atomic E-state index is 0.0538. The molecule has 0 aliphatic carbocycles. The Bertz CT molecular complexity index is 996. The van der Waals surface area contributed by atoms with E-state index in [9.17, 15) is 9.59 Å². The first-order valence-corrected chi connectivity index (χ1v) is 8.01. The molecule has 124 valence electrons. The Morgan fingerprint density at radius 3 is 2.48 bits per heavy atom. The minimum atomic E-state index is -0.406. The number of nitrogens with zero attached hydrogens (tertiary/aromatic N) is 3. The van der Waals surface area contributed by atoms with Crippen LogP contribution in [0, 0.1) is 0 Å². The van der Waals surface area contributed by atoms with Crippen LogP contribution in [0.5, 0.6) is 5.75 Å². The van der Waals surface area contributed by atoms with E-state index in [0.717, 1.165) is 4.90 Å². The summed E-state index contributed by atoms with van der Waals surface area (Å²) in [6, 6.07) is 13.7. The average Bonchev–Trinajstić information content (AvgIpc) is 2.86. The smallest absolute Gasteiger partial charge is 0.491 e. The van der Waals surface area contributed by atoms with Crippen molar-refractivity contribution in [3.05, 3.63) is 60.4 Å². The summed E-state index contributed by atoms with van der Waals surface area (Å²) in [4.78, 5) is 31.0. The molecule has 4 rings (SSSR count). The van der Waals surface area contributed by atoms with Gasteiger partial charge in [-0.1, -0.05) is 12.1 Å². The van der Waals surface area contributed by atoms with Crippen molar-refractivity contribution < 1.29 is 18.9 Å². The Labute approximate surface area is 144 Å². The molecule has 0 fully saturated rings. The van der Waals surface area contributed by atoms with Crippen molar-refractivity contribution in [2.75, 3.05) is 4.90 Å². The van der Waals surface area contributed by atoms with Gasteiger partial charge in [0.2, 0.25) is 5.69 Å². The van der Waals surface area contributed by atoms with Gasteiger partial charge < -0.3 is 4.74 Å². The molecule has 3 aromatic rings. The van der Waals surface area contributed by atoms with Gasteiger partial charge in [-0.2, -0.15) is 4.79 Å². The first-order valence-electron chi connectivity index (χ1n) is 8.01. The van der Waals surface area contributed by atoms with E-state index >= 15 is 0 Å². The highest BCUT2D eigenvalue weighted by atomic mass is 16.5. The van der Waals surface area contributed by atoms with Crippen molar-refractivity contribution in [2.24, 2.45) is 0 Å². The van der Waals surface area contributed by atoms with Crippen LogP contribution in [0.15, 0.2) is 54.7 Å². The number of rotatable bonds is 3. The van der Waals surface area contributed by atoms with Crippen LogP contribution in [-0.4, -0.2) is 23.0 Å². The highest BCUT2D eigenvalue weighted by Crippen LogP contribution is 2.24. The number of carbonyl (C=O) groups is 2. The fourth-order valence-corrected chi connectivity index (χ4v) is 2.91. The molecule has 6 heteroatoms. The molecule has 0 radical (unpaired) electrons. The summed E-state index contributed by atoms with van der Waals surface area (Å²) in [6.45, 7) is 3.87. The number of imide groups is 1. The zero-order valence-electron chi connectivity index (χ0n) is 13.8. The number of anilines is 1. The van der Waals surface area contributed by atoms with Crippen LogP contribution in [-0.2, 0) is 0 Å². The largest absolute Gasteiger partial charge is 0.512 e. The van der Waals surface area contributed by atoms with E-state index in [-0.39, 0.29) is 17.7 Å². The maximum Gasteiger partial charge on any atom is 0.512 e. The predicted octanol–water partition coefficient (Wildman–Crippen LogP) is 2.94. The number of aromatic nitrogens is 2. The number of amides is 2. The summed E-state index contributed by atoms with van der Waals surface area (Å²) in [5, 5.41) is 0. The molecule has 6 nitrogen and oxygen atoms in total. The molecular weight excluding hydrogens is 318 g/mol. The molecule has 25 heavy (non-hydrogen) atoms. The fourth-order valence-electron chi connectivity index (χ4n) is 2.91. The Morgan fingerprint density at radius 2 is 1.76 bits per heavy atom. The lowest BCUT2D eigenvalue weighted by Gasteiger charge is -2.10. The van der Waals surface area contributed by atoms with Gasteiger partial charge in [0, 0.05) is 0 Å². The second kappa shape index (κ2) is 5.66. The molecule has 1 aromatic heterocycles. The van der Waals surface area contributed by atoms with Crippen LogP contribution in [0.3, 0.4) is 0 Å². The molecule has 2 aromatic carbocycles. The van der Waals surface area contributed by atoms with Crippen LogP contribution in [0.2, 0.25) is 0 Å². The summed E-state index contributed by atoms with van der Waals surface area (Å²) in [5.74, 6) is 0.302. The second-order valence-corrected chi connectivity index (χ2v) is 6.05. The lowest BCUT2D eigenvalue weighted by atomic mass is 10.2. The quantitative estimate of drug-likeness (QED) is 0.691. The van der Waals surface area contributed by atoms with Gasteiger partial charge in [-0.3, -0.25) is 0 Å². The summed E-state index contributed by atoms with van der Waals surface area (Å²) in [7, 11) is 0. The van der Waals surface area contributed by atoms with Gasteiger partial charge in [0.25, 0.3) is 0 Å². The van der Waals surface area contributed by atoms with Crippen molar-refractivity contribution in [3.63, 3.8) is 0 Å². The standard InChI is InChI=1S/C19H16N3O3/c1-12(2)25-14-9-7-13(8-10-14)21-18(23)17-11-20-15-5-3-4-6-16(15)22(17)19(21)24/h3-12H,1-2H3/q+1. The third-order valence-electron chi connectivity index (χ3n) is 3.96. The normalized spacial score (nSPS) is 13.6. The lowest BCUT2D eigenvalue weighted by molar-refractivity contribution is -0.537. The number of carbonyl (C=O) groups excluding carboxylic acids is 2. The lowest BCUT2D eigenvalue weighted by Crippen LogP contribution is -2.46. The average molecular weight is 334 g/mol. The minimum Gasteiger partial charge on any atom is -0.491 e. The highest BCUT2D eigenvalue weighted by molar-refractivity contribution is 6.21. The van der Waals surface area contributed by atoms with Gasteiger partial charge in [0.05, 0.1) is 12.3 Å². The molecule has 1 aliphatic rings. The zero-order chi connectivity index (χ0) is 17.6. The Morgan fingerprint density at radius 1 is 1.04 bits per heavy atom. The predicted molar refractivity (Wildman–Crippen MR) is 91.7 cm³/mol. The summed E-state index contributed by atoms with van der Waals surface area (Å²) < 4.78 is 7.01. The summed E-state index contributed by atoms with van der Waals surface area (Å²) in [5.41, 5.74) is 2.03. The van der Waals surface area contributed by atoms with Crippen molar-refractivity contribution in [2.45, 2.75) is 20.0 Å². The Balaban J connectivity index is 1.76. The molecule has 1 aliphatic heterocycles. The Hall–Kier alpha value is -3.28. The third kappa shape index (κ3) is 2.42. The number of ether oxygens (including phenoxy) is 1. The summed E-state index contributed by atoms with van der Waals surface area (Å²) >= 11 is 0. The second-order valence-electron chi connectivity index (χ2n) is 6.05. The summed E-state index contributed by atoms with van der Waals surface area (Å²) in [6.07, 6.45) is 1.50. The molecule has 0 N–H and O–H groups in total. The maximum atomic E-state index is 12.9. The number of hydrogen-bond acceptors (Lipinski definition) is 4. The van der Waals surface area contributed by atoms with Crippen LogP contribution in [0.4, 0.5) is 10.5 Å². The van der Waals surface area contributed by atoms with Crippen molar-refractivity contribution in [1.29, 1.82) is 0 Å². The molecule has 0 spiro atoms. The molecule has 0 bridgehead atoms. The number of fused-ring (bicyclic) bond motifs is 3. The van der Waals surface area contributed by atoms with Crippen molar-refractivity contribution in [3.8, 4) is 5.75 Å². The van der Waals surface area contributed by atoms with Crippen LogP contribution in [0.25, 0.3) is 11.0 Å². The molecule has 0 saturated heterocycles. The van der Waals surface area contributed by atoms with Gasteiger partial charge in [-0.05, 0) is 50.2 Å². The van der Waals surface area contributed by atoms with Crippen molar-refractivity contribution >= 4 is 28.7 Å². The van der Waals surface area contributed by atoms with Crippen LogP contribution in [0.1, 0.15) is 24.3 Å². The van der Waals surface area contributed by atoms with E-state index < -0.39 is 6.03 Å². The van der Waals surface area contributed by atoms with Crippen molar-refractivity contribution in [1.82, 2.24) is 4.98 Å². The molecule has 2 amide bonds. The number of para-hydroxylation sites is 2. The van der Waals surface area contributed by atoms with Gasteiger partial charge in [-0.15, -0.1) is 9.47 Å². The SMILES string of the molecule is CC(C)Oc1ccc(N2C(=O)c3cnc4ccccc4[n+]3C2=O)cc1. The zero-order valence-corrected chi connectivity index (χ0v) is 13.8. The monoisotopic (exact) mass is 334 g/mol. The molecule has 0 atom stereocenters. The van der Waals surface area contributed by atoms with E-state index in [4.69, 9.17) is 4.74 Å². The Kier molecular flexibility index (Phi) is 3.46. The molecule has 2 heterocycles. The van der Waals surface area contributed by atoms with E-state index in [2.05, 4.69) is 4.98 Å². The van der Waals surface area contributed by atoms with Gasteiger partial charge >= 0.3 is 11.9 Å². The van der Waals surface area contributed by atoms with Gasteiger partial charge in [0.15, 0.2) is 5.52 Å². The maximum absolute atomic E-state index is 12.9. The van der Waals surface area contributed by atoms with Crippen LogP contribution < -0.4 is 14.2 Å². The first kappa shape index (κ1) is 15.3. The molecular formula is C19H16N3O3+. The van der Waals surface area contributed by atoms with E-state index in [1.165, 1.54) is 10.8 Å². The molecule has 0 saturated carbocycles. The number of hydrogen-bond donors (Lipinski definition) is 0. The highest BCUT2D eigenvalue weighted by Gasteiger charge is 2.48. The third-order valence-corrected chi connectivity index (χ3v) is 3.96. The fraction of sp³-hybridized carbons (Fsp3) is 0.158. The van der Waals surface area contributed by atoms with Gasteiger partial charge in [0.1, 0.15) is 17.0 Å². The number of benzene rings is 2. The van der Waals surface area contributed by atoms with E-state index in [0.29, 0.717) is 22.5 Å². The van der Waals surface area contributed by atoms with Crippen LogP contribution >= 0.6 is 0 Å².